The first kappa shape index (κ1) is 13.4. The van der Waals surface area contributed by atoms with Gasteiger partial charge in [-0.15, -0.1) is 0 Å². The Morgan fingerprint density at radius 2 is 1.50 bits per heavy atom. The van der Waals surface area contributed by atoms with Crippen LogP contribution in [-0.4, -0.2) is 43.0 Å². The van der Waals surface area contributed by atoms with Crippen molar-refractivity contribution in [1.29, 1.82) is 0 Å². The molecule has 0 aliphatic carbocycles. The van der Waals surface area contributed by atoms with Gasteiger partial charge in [-0.2, -0.15) is 0 Å². The van der Waals surface area contributed by atoms with Gasteiger partial charge in [0.2, 0.25) is 6.41 Å². The Labute approximate surface area is 88.1 Å². The summed E-state index contributed by atoms with van der Waals surface area (Å²) in [7, 11) is 1.82. The molecule has 14 heavy (non-hydrogen) atoms. The molecule has 0 fully saturated rings. The highest BCUT2D eigenvalue weighted by molar-refractivity contribution is 5.45. The van der Waals surface area contributed by atoms with Crippen LogP contribution in [0.5, 0.6) is 0 Å². The van der Waals surface area contributed by atoms with Crippen LogP contribution >= 0.6 is 0 Å². The maximum absolute atomic E-state index is 10.5. The van der Waals surface area contributed by atoms with Gasteiger partial charge in [-0.1, -0.05) is 27.7 Å². The third-order valence-electron chi connectivity index (χ3n) is 1.85. The molecule has 0 rings (SSSR count). The average Bonchev–Trinajstić information content (AvgIpc) is 2.01. The van der Waals surface area contributed by atoms with Gasteiger partial charge in [-0.3, -0.25) is 9.69 Å². The summed E-state index contributed by atoms with van der Waals surface area (Å²) in [5.41, 5.74) is 0. The number of nitrogens with zero attached hydrogens (tertiary/aromatic N) is 2. The first-order chi connectivity index (χ1) is 6.45. The molecule has 0 aliphatic rings. The van der Waals surface area contributed by atoms with Gasteiger partial charge < -0.3 is 4.90 Å². The zero-order chi connectivity index (χ0) is 11.1. The minimum Gasteiger partial charge on any atom is -0.335 e. The monoisotopic (exact) mass is 200 g/mol. The SMILES string of the molecule is CC(C)CN(CC(C)C)CN(C)C=O. The molecule has 0 aliphatic heterocycles. The van der Waals surface area contributed by atoms with E-state index in [2.05, 4.69) is 32.6 Å². The zero-order valence-electron chi connectivity index (χ0n) is 10.2. The minimum absolute atomic E-state index is 0.647. The van der Waals surface area contributed by atoms with Gasteiger partial charge in [0.25, 0.3) is 0 Å². The van der Waals surface area contributed by atoms with Crippen LogP contribution in [0.25, 0.3) is 0 Å². The van der Waals surface area contributed by atoms with Crippen molar-refractivity contribution >= 4 is 6.41 Å². The Morgan fingerprint density at radius 3 is 1.79 bits per heavy atom. The molecule has 3 nitrogen and oxygen atoms in total. The molecule has 0 radical (unpaired) electrons. The number of rotatable bonds is 7. The van der Waals surface area contributed by atoms with Crippen molar-refractivity contribution < 1.29 is 4.79 Å². The molecular weight excluding hydrogens is 176 g/mol. The van der Waals surface area contributed by atoms with Crippen molar-refractivity contribution in [3.8, 4) is 0 Å². The summed E-state index contributed by atoms with van der Waals surface area (Å²) in [6.07, 6.45) is 0.883. The lowest BCUT2D eigenvalue weighted by atomic mass is 10.1. The molecule has 0 spiro atoms. The van der Waals surface area contributed by atoms with Gasteiger partial charge in [0.05, 0.1) is 6.67 Å². The number of carbonyl (C=O) groups is 1. The number of amides is 1. The van der Waals surface area contributed by atoms with Gasteiger partial charge in [-0.05, 0) is 11.8 Å². The van der Waals surface area contributed by atoms with Gasteiger partial charge in [0.15, 0.2) is 0 Å². The quantitative estimate of drug-likeness (QED) is 0.461. The summed E-state index contributed by atoms with van der Waals surface area (Å²) in [6.45, 7) is 11.7. The maximum atomic E-state index is 10.5. The van der Waals surface area contributed by atoms with Crippen molar-refractivity contribution in [2.45, 2.75) is 27.7 Å². The van der Waals surface area contributed by atoms with Crippen LogP contribution in [0.4, 0.5) is 0 Å². The summed E-state index contributed by atoms with van der Waals surface area (Å²) in [5, 5.41) is 0. The molecule has 0 aromatic heterocycles. The molecule has 0 saturated heterocycles. The summed E-state index contributed by atoms with van der Waals surface area (Å²) >= 11 is 0. The smallest absolute Gasteiger partial charge is 0.210 e. The highest BCUT2D eigenvalue weighted by Gasteiger charge is 2.10. The van der Waals surface area contributed by atoms with E-state index in [9.17, 15) is 4.79 Å². The van der Waals surface area contributed by atoms with E-state index in [0.29, 0.717) is 11.8 Å². The molecule has 0 saturated carbocycles. The molecule has 1 amide bonds. The van der Waals surface area contributed by atoms with Crippen molar-refractivity contribution in [1.82, 2.24) is 9.80 Å². The van der Waals surface area contributed by atoms with Crippen LogP contribution in [0.1, 0.15) is 27.7 Å². The first-order valence-corrected chi connectivity index (χ1v) is 5.33. The average molecular weight is 200 g/mol. The molecule has 3 heteroatoms. The molecule has 0 aromatic carbocycles. The summed E-state index contributed by atoms with van der Waals surface area (Å²) < 4.78 is 0. The second-order valence-electron chi connectivity index (χ2n) is 4.83. The van der Waals surface area contributed by atoms with E-state index < -0.39 is 0 Å². The number of carbonyl (C=O) groups excluding carboxylic acids is 1. The van der Waals surface area contributed by atoms with Crippen molar-refractivity contribution in [3.05, 3.63) is 0 Å². The molecule has 0 N–H and O–H groups in total. The van der Waals surface area contributed by atoms with E-state index in [1.807, 2.05) is 7.05 Å². The lowest BCUT2D eigenvalue weighted by Gasteiger charge is -2.28. The minimum atomic E-state index is 0.647. The molecule has 0 aromatic rings. The molecule has 84 valence electrons. The van der Waals surface area contributed by atoms with Crippen LogP contribution in [0, 0.1) is 11.8 Å². The second-order valence-corrected chi connectivity index (χ2v) is 4.83. The Kier molecular flexibility index (Phi) is 6.54. The Hall–Kier alpha value is -0.570. The van der Waals surface area contributed by atoms with Crippen LogP contribution in [-0.2, 0) is 4.79 Å². The Morgan fingerprint density at radius 1 is 1.07 bits per heavy atom. The van der Waals surface area contributed by atoms with Gasteiger partial charge >= 0.3 is 0 Å². The van der Waals surface area contributed by atoms with Crippen molar-refractivity contribution in [2.75, 3.05) is 26.8 Å². The highest BCUT2D eigenvalue weighted by atomic mass is 16.1. The molecular formula is C11H24N2O. The lowest BCUT2D eigenvalue weighted by Crippen LogP contribution is -2.39. The molecule has 0 bridgehead atoms. The fourth-order valence-electron chi connectivity index (χ4n) is 1.57. The third kappa shape index (κ3) is 6.89. The van der Waals surface area contributed by atoms with Gasteiger partial charge in [0, 0.05) is 20.1 Å². The van der Waals surface area contributed by atoms with Crippen LogP contribution in [0.15, 0.2) is 0 Å². The summed E-state index contributed by atoms with van der Waals surface area (Å²) in [5.74, 6) is 1.29. The predicted molar refractivity (Wildman–Crippen MR) is 59.9 cm³/mol. The van der Waals surface area contributed by atoms with E-state index >= 15 is 0 Å². The summed E-state index contributed by atoms with van der Waals surface area (Å²) in [4.78, 5) is 14.5. The van der Waals surface area contributed by atoms with E-state index in [4.69, 9.17) is 0 Å². The fraction of sp³-hybridized carbons (Fsp3) is 0.909. The van der Waals surface area contributed by atoms with E-state index in [-0.39, 0.29) is 0 Å². The van der Waals surface area contributed by atoms with E-state index in [1.54, 1.807) is 4.90 Å². The first-order valence-electron chi connectivity index (χ1n) is 5.33. The van der Waals surface area contributed by atoms with Crippen LogP contribution in [0.2, 0.25) is 0 Å². The summed E-state index contributed by atoms with van der Waals surface area (Å²) in [6, 6.07) is 0. The predicted octanol–water partition coefficient (Wildman–Crippen LogP) is 1.65. The van der Waals surface area contributed by atoms with Crippen molar-refractivity contribution in [2.24, 2.45) is 11.8 Å². The van der Waals surface area contributed by atoms with Gasteiger partial charge in [-0.25, -0.2) is 0 Å². The normalized spacial score (nSPS) is 11.4. The van der Waals surface area contributed by atoms with Crippen LogP contribution < -0.4 is 0 Å². The van der Waals surface area contributed by atoms with Crippen molar-refractivity contribution in [3.63, 3.8) is 0 Å². The third-order valence-corrected chi connectivity index (χ3v) is 1.85. The van der Waals surface area contributed by atoms with Gasteiger partial charge in [0.1, 0.15) is 0 Å². The molecule has 0 atom stereocenters. The Bertz CT molecular complexity index is 147. The lowest BCUT2D eigenvalue weighted by molar-refractivity contribution is -0.118. The molecule has 0 heterocycles. The van der Waals surface area contributed by atoms with E-state index in [1.165, 1.54) is 0 Å². The Balaban J connectivity index is 4.02. The topological polar surface area (TPSA) is 23.6 Å². The molecule has 0 unspecified atom stereocenters. The van der Waals surface area contributed by atoms with E-state index in [0.717, 1.165) is 26.2 Å². The highest BCUT2D eigenvalue weighted by Crippen LogP contribution is 2.03. The zero-order valence-corrected chi connectivity index (χ0v) is 10.2. The number of hydrogen-bond acceptors (Lipinski definition) is 2. The fourth-order valence-corrected chi connectivity index (χ4v) is 1.57. The standard InChI is InChI=1S/C11H24N2O/c1-10(2)6-13(7-11(3)4)8-12(5)9-14/h9-11H,6-8H2,1-5H3. The maximum Gasteiger partial charge on any atom is 0.210 e. The second kappa shape index (κ2) is 6.82. The van der Waals surface area contributed by atoms with Crippen LogP contribution in [0.3, 0.4) is 0 Å². The largest absolute Gasteiger partial charge is 0.335 e. The number of hydrogen-bond donors (Lipinski definition) is 0.